The van der Waals surface area contributed by atoms with Crippen LogP contribution in [0.15, 0.2) is 17.0 Å². The van der Waals surface area contributed by atoms with Gasteiger partial charge in [0.2, 0.25) is 10.0 Å². The van der Waals surface area contributed by atoms with E-state index in [9.17, 15) is 13.5 Å². The Balaban J connectivity index is 2.51. The maximum absolute atomic E-state index is 12.8. The van der Waals surface area contributed by atoms with Crippen LogP contribution in [0.4, 0.5) is 5.69 Å². The van der Waals surface area contributed by atoms with Crippen molar-refractivity contribution in [3.05, 3.63) is 12.1 Å². The van der Waals surface area contributed by atoms with Crippen LogP contribution >= 0.6 is 0 Å². The Hall–Kier alpha value is -1.51. The Bertz CT molecular complexity index is 617. The highest BCUT2D eigenvalue weighted by Crippen LogP contribution is 2.37. The summed E-state index contributed by atoms with van der Waals surface area (Å²) in [6.07, 6.45) is 1.36. The third-order valence-corrected chi connectivity index (χ3v) is 5.61. The fourth-order valence-corrected chi connectivity index (χ4v) is 4.39. The van der Waals surface area contributed by atoms with Crippen LogP contribution in [0.1, 0.15) is 12.8 Å². The highest BCUT2D eigenvalue weighted by molar-refractivity contribution is 7.89. The van der Waals surface area contributed by atoms with Crippen LogP contribution in [-0.4, -0.2) is 51.2 Å². The number of sulfonamides is 1. The Morgan fingerprint density at radius 2 is 2.00 bits per heavy atom. The number of anilines is 1. The molecule has 1 aliphatic heterocycles. The molecule has 1 heterocycles. The first kappa shape index (κ1) is 15.9. The van der Waals surface area contributed by atoms with Crippen LogP contribution in [-0.2, 0) is 10.0 Å². The zero-order valence-corrected chi connectivity index (χ0v) is 12.9. The molecule has 2 rings (SSSR count). The van der Waals surface area contributed by atoms with E-state index >= 15 is 0 Å². The molecule has 21 heavy (non-hydrogen) atoms. The second-order valence-electron chi connectivity index (χ2n) is 4.84. The molecule has 1 aromatic carbocycles. The standard InChI is InChI=1S/C13H20N2O5S/c1-19-11-7-12(20-2)13(6-10(11)14)21(17,18)15-5-3-4-9(15)8-16/h6-7,9,16H,3-5,8,14H2,1-2H3. The third kappa shape index (κ3) is 2.78. The van der Waals surface area contributed by atoms with Gasteiger partial charge >= 0.3 is 0 Å². The number of nitrogens with two attached hydrogens (primary N) is 1. The summed E-state index contributed by atoms with van der Waals surface area (Å²) in [5.41, 5.74) is 6.02. The minimum atomic E-state index is -3.78. The lowest BCUT2D eigenvalue weighted by atomic mass is 10.2. The number of ether oxygens (including phenoxy) is 2. The molecule has 118 valence electrons. The fourth-order valence-electron chi connectivity index (χ4n) is 2.53. The highest BCUT2D eigenvalue weighted by atomic mass is 32.2. The molecule has 1 aliphatic rings. The zero-order valence-electron chi connectivity index (χ0n) is 12.1. The summed E-state index contributed by atoms with van der Waals surface area (Å²) in [5, 5.41) is 9.33. The van der Waals surface area contributed by atoms with Gasteiger partial charge in [-0.15, -0.1) is 0 Å². The molecule has 1 fully saturated rings. The molecule has 1 atom stereocenters. The van der Waals surface area contributed by atoms with Gasteiger partial charge in [-0.05, 0) is 18.9 Å². The zero-order chi connectivity index (χ0) is 15.6. The average molecular weight is 316 g/mol. The molecule has 1 saturated heterocycles. The number of methoxy groups -OCH3 is 2. The number of aliphatic hydroxyl groups is 1. The van der Waals surface area contributed by atoms with Crippen LogP contribution < -0.4 is 15.2 Å². The molecule has 8 heteroatoms. The molecule has 0 amide bonds. The average Bonchev–Trinajstić information content (AvgIpc) is 2.96. The number of aliphatic hydroxyl groups excluding tert-OH is 1. The van der Waals surface area contributed by atoms with Gasteiger partial charge in [0.1, 0.15) is 16.4 Å². The van der Waals surface area contributed by atoms with Crippen LogP contribution in [0.25, 0.3) is 0 Å². The molecular formula is C13H20N2O5S. The van der Waals surface area contributed by atoms with Crippen LogP contribution in [0.2, 0.25) is 0 Å². The van der Waals surface area contributed by atoms with Gasteiger partial charge in [-0.3, -0.25) is 0 Å². The van der Waals surface area contributed by atoms with Gasteiger partial charge in [0.15, 0.2) is 0 Å². The van der Waals surface area contributed by atoms with Crippen molar-refractivity contribution in [1.29, 1.82) is 0 Å². The van der Waals surface area contributed by atoms with Crippen LogP contribution in [0.5, 0.6) is 11.5 Å². The van der Waals surface area contributed by atoms with Gasteiger partial charge in [-0.2, -0.15) is 4.31 Å². The van der Waals surface area contributed by atoms with Crippen molar-refractivity contribution in [2.45, 2.75) is 23.8 Å². The predicted octanol–water partition coefficient (Wildman–Crippen LogP) is 0.431. The summed E-state index contributed by atoms with van der Waals surface area (Å²) in [4.78, 5) is -0.0105. The van der Waals surface area contributed by atoms with Gasteiger partial charge in [0.05, 0.1) is 26.5 Å². The number of hydrogen-bond donors (Lipinski definition) is 2. The highest BCUT2D eigenvalue weighted by Gasteiger charge is 2.36. The van der Waals surface area contributed by atoms with E-state index in [1.54, 1.807) is 0 Å². The maximum Gasteiger partial charge on any atom is 0.247 e. The van der Waals surface area contributed by atoms with Crippen molar-refractivity contribution in [1.82, 2.24) is 4.31 Å². The predicted molar refractivity (Wildman–Crippen MR) is 78.0 cm³/mol. The topological polar surface area (TPSA) is 102 Å². The van der Waals surface area contributed by atoms with E-state index in [-0.39, 0.29) is 22.9 Å². The second kappa shape index (κ2) is 6.08. The number of nitrogens with zero attached hydrogens (tertiary/aromatic N) is 1. The summed E-state index contributed by atoms with van der Waals surface area (Å²) in [5.74, 6) is 0.524. The van der Waals surface area contributed by atoms with Crippen molar-refractivity contribution in [2.24, 2.45) is 0 Å². The Labute approximate surface area is 124 Å². The van der Waals surface area contributed by atoms with Crippen molar-refractivity contribution in [2.75, 3.05) is 33.1 Å². The molecular weight excluding hydrogens is 296 g/mol. The van der Waals surface area contributed by atoms with Gasteiger partial charge in [0, 0.05) is 18.7 Å². The normalized spacial score (nSPS) is 19.7. The quantitative estimate of drug-likeness (QED) is 0.764. The Kier molecular flexibility index (Phi) is 4.60. The van der Waals surface area contributed by atoms with E-state index in [0.29, 0.717) is 18.7 Å². The Morgan fingerprint density at radius 1 is 1.33 bits per heavy atom. The molecule has 7 nitrogen and oxygen atoms in total. The first-order chi connectivity index (χ1) is 9.95. The molecule has 0 saturated carbocycles. The number of rotatable bonds is 5. The number of benzene rings is 1. The second-order valence-corrected chi connectivity index (χ2v) is 6.70. The lowest BCUT2D eigenvalue weighted by Crippen LogP contribution is -2.37. The van der Waals surface area contributed by atoms with Crippen molar-refractivity contribution >= 4 is 15.7 Å². The molecule has 3 N–H and O–H groups in total. The monoisotopic (exact) mass is 316 g/mol. The number of nitrogen functional groups attached to an aromatic ring is 1. The van der Waals surface area contributed by atoms with Crippen LogP contribution in [0, 0.1) is 0 Å². The van der Waals surface area contributed by atoms with E-state index in [0.717, 1.165) is 6.42 Å². The van der Waals surface area contributed by atoms with Gasteiger partial charge in [0.25, 0.3) is 0 Å². The van der Waals surface area contributed by atoms with Gasteiger partial charge in [-0.25, -0.2) is 8.42 Å². The summed E-state index contributed by atoms with van der Waals surface area (Å²) in [6, 6.07) is 2.38. The van der Waals surface area contributed by atoms with Gasteiger partial charge in [-0.1, -0.05) is 0 Å². The maximum atomic E-state index is 12.8. The first-order valence-electron chi connectivity index (χ1n) is 6.60. The van der Waals surface area contributed by atoms with Crippen molar-refractivity contribution in [3.8, 4) is 11.5 Å². The van der Waals surface area contributed by atoms with E-state index < -0.39 is 16.1 Å². The minimum Gasteiger partial charge on any atom is -0.495 e. The molecule has 1 aromatic rings. The van der Waals surface area contributed by atoms with E-state index in [1.165, 1.54) is 30.7 Å². The summed E-state index contributed by atoms with van der Waals surface area (Å²) >= 11 is 0. The largest absolute Gasteiger partial charge is 0.495 e. The van der Waals surface area contributed by atoms with E-state index in [4.69, 9.17) is 15.2 Å². The number of hydrogen-bond acceptors (Lipinski definition) is 6. The molecule has 0 aliphatic carbocycles. The fraction of sp³-hybridized carbons (Fsp3) is 0.538. The van der Waals surface area contributed by atoms with E-state index in [2.05, 4.69) is 0 Å². The summed E-state index contributed by atoms with van der Waals surface area (Å²) < 4.78 is 37.1. The lowest BCUT2D eigenvalue weighted by molar-refractivity contribution is 0.213. The smallest absolute Gasteiger partial charge is 0.247 e. The van der Waals surface area contributed by atoms with Crippen LogP contribution in [0.3, 0.4) is 0 Å². The van der Waals surface area contributed by atoms with Gasteiger partial charge < -0.3 is 20.3 Å². The third-order valence-electron chi connectivity index (χ3n) is 3.64. The minimum absolute atomic E-state index is 0.0105. The first-order valence-corrected chi connectivity index (χ1v) is 8.04. The summed E-state index contributed by atoms with van der Waals surface area (Å²) in [7, 11) is -0.945. The molecule has 0 bridgehead atoms. The lowest BCUT2D eigenvalue weighted by Gasteiger charge is -2.24. The van der Waals surface area contributed by atoms with E-state index in [1.807, 2.05) is 0 Å². The molecule has 1 unspecified atom stereocenters. The SMILES string of the molecule is COc1cc(OC)c(S(=O)(=O)N2CCCC2CO)cc1N. The summed E-state index contributed by atoms with van der Waals surface area (Å²) in [6.45, 7) is 0.176. The molecule has 0 spiro atoms. The Morgan fingerprint density at radius 3 is 2.57 bits per heavy atom. The van der Waals surface area contributed by atoms with Crippen molar-refractivity contribution in [3.63, 3.8) is 0 Å². The molecule has 0 aromatic heterocycles. The molecule has 0 radical (unpaired) electrons. The van der Waals surface area contributed by atoms with Crippen molar-refractivity contribution < 1.29 is 23.0 Å².